The molecule has 8 nitrogen and oxygen atoms in total. The van der Waals surface area contributed by atoms with E-state index in [4.69, 9.17) is 4.74 Å². The number of nitrogens with one attached hydrogen (secondary N) is 4. The largest absolute Gasteiger partial charge is 0.444 e. The molecule has 0 aliphatic rings. The summed E-state index contributed by atoms with van der Waals surface area (Å²) in [7, 11) is 1.68. The lowest BCUT2D eigenvalue weighted by atomic mass is 10.2. The Balaban J connectivity index is 2.11. The highest BCUT2D eigenvalue weighted by Gasteiger charge is 2.15. The zero-order valence-electron chi connectivity index (χ0n) is 16.6. The van der Waals surface area contributed by atoms with E-state index in [1.54, 1.807) is 19.2 Å². The van der Waals surface area contributed by atoms with Crippen LogP contribution in [0.15, 0.2) is 35.3 Å². The Kier molecular flexibility index (Phi) is 9.71. The predicted octanol–water partition coefficient (Wildman–Crippen LogP) is 1.50. The van der Waals surface area contributed by atoms with Crippen molar-refractivity contribution in [3.63, 3.8) is 0 Å². The molecular formula is C19H31N5O3. The van der Waals surface area contributed by atoms with Gasteiger partial charge in [0.2, 0.25) is 0 Å². The average molecular weight is 377 g/mol. The van der Waals surface area contributed by atoms with Crippen molar-refractivity contribution in [1.82, 2.24) is 21.3 Å². The molecule has 0 spiro atoms. The Morgan fingerprint density at radius 2 is 1.52 bits per heavy atom. The second-order valence-corrected chi connectivity index (χ2v) is 6.83. The molecule has 0 saturated carbocycles. The second kappa shape index (κ2) is 11.8. The quantitative estimate of drug-likeness (QED) is 0.312. The van der Waals surface area contributed by atoms with Crippen LogP contribution >= 0.6 is 0 Å². The van der Waals surface area contributed by atoms with Crippen LogP contribution in [0.25, 0.3) is 0 Å². The predicted molar refractivity (Wildman–Crippen MR) is 107 cm³/mol. The number of benzene rings is 1. The van der Waals surface area contributed by atoms with Gasteiger partial charge in [-0.1, -0.05) is 18.2 Å². The first-order chi connectivity index (χ1) is 12.8. The molecule has 4 N–H and O–H groups in total. The van der Waals surface area contributed by atoms with Crippen LogP contribution in [0.3, 0.4) is 0 Å². The van der Waals surface area contributed by atoms with Crippen LogP contribution in [-0.4, -0.2) is 56.8 Å². The minimum absolute atomic E-state index is 0.103. The van der Waals surface area contributed by atoms with Gasteiger partial charge in [-0.3, -0.25) is 9.79 Å². The average Bonchev–Trinajstić information content (AvgIpc) is 2.62. The number of carbonyl (C=O) groups is 2. The molecule has 8 heteroatoms. The minimum Gasteiger partial charge on any atom is -0.444 e. The zero-order valence-corrected chi connectivity index (χ0v) is 16.6. The van der Waals surface area contributed by atoms with Crippen molar-refractivity contribution in [2.24, 2.45) is 4.99 Å². The number of hydrogen-bond acceptors (Lipinski definition) is 4. The lowest BCUT2D eigenvalue weighted by Gasteiger charge is -2.19. The summed E-state index contributed by atoms with van der Waals surface area (Å²) in [5.41, 5.74) is 0.141. The third-order valence-electron chi connectivity index (χ3n) is 3.28. The third-order valence-corrected chi connectivity index (χ3v) is 3.28. The van der Waals surface area contributed by atoms with Gasteiger partial charge < -0.3 is 26.0 Å². The molecule has 0 aliphatic carbocycles. The van der Waals surface area contributed by atoms with Gasteiger partial charge in [-0.05, 0) is 39.3 Å². The summed E-state index contributed by atoms with van der Waals surface area (Å²) in [6.45, 7) is 7.66. The fraction of sp³-hybridized carbons (Fsp3) is 0.526. The van der Waals surface area contributed by atoms with Gasteiger partial charge in [-0.25, -0.2) is 4.79 Å². The normalized spacial score (nSPS) is 11.5. The maximum Gasteiger partial charge on any atom is 0.407 e. The van der Waals surface area contributed by atoms with E-state index in [-0.39, 0.29) is 5.91 Å². The Labute approximate surface area is 161 Å². The van der Waals surface area contributed by atoms with E-state index < -0.39 is 11.7 Å². The molecule has 0 radical (unpaired) electrons. The molecule has 0 saturated heterocycles. The summed E-state index contributed by atoms with van der Waals surface area (Å²) in [6, 6.07) is 9.08. The maximum absolute atomic E-state index is 11.9. The fourth-order valence-electron chi connectivity index (χ4n) is 2.07. The van der Waals surface area contributed by atoms with Crippen molar-refractivity contribution in [3.05, 3.63) is 35.9 Å². The number of guanidine groups is 1. The number of hydrogen-bond donors (Lipinski definition) is 4. The minimum atomic E-state index is -0.496. The summed E-state index contributed by atoms with van der Waals surface area (Å²) < 4.78 is 5.16. The smallest absolute Gasteiger partial charge is 0.407 e. The topological polar surface area (TPSA) is 104 Å². The van der Waals surface area contributed by atoms with Crippen LogP contribution in [-0.2, 0) is 4.74 Å². The van der Waals surface area contributed by atoms with Gasteiger partial charge >= 0.3 is 6.09 Å². The second-order valence-electron chi connectivity index (χ2n) is 6.83. The van der Waals surface area contributed by atoms with E-state index in [2.05, 4.69) is 26.3 Å². The monoisotopic (exact) mass is 377 g/mol. The Bertz CT molecular complexity index is 612. The molecule has 0 aliphatic heterocycles. The lowest BCUT2D eigenvalue weighted by molar-refractivity contribution is 0.0527. The van der Waals surface area contributed by atoms with Gasteiger partial charge in [-0.15, -0.1) is 0 Å². The Hall–Kier alpha value is -2.77. The van der Waals surface area contributed by atoms with E-state index in [1.807, 2.05) is 39.0 Å². The first kappa shape index (κ1) is 22.3. The number of carbonyl (C=O) groups excluding carboxylic acids is 2. The number of nitrogens with zero attached hydrogens (tertiary/aromatic N) is 1. The molecule has 1 aromatic carbocycles. The van der Waals surface area contributed by atoms with Gasteiger partial charge in [-0.2, -0.15) is 0 Å². The lowest BCUT2D eigenvalue weighted by Crippen LogP contribution is -2.42. The highest BCUT2D eigenvalue weighted by Crippen LogP contribution is 2.06. The highest BCUT2D eigenvalue weighted by molar-refractivity contribution is 5.94. The van der Waals surface area contributed by atoms with Crippen LogP contribution in [0.2, 0.25) is 0 Å². The standard InChI is InChI=1S/C19H31N5O3/c1-19(2,3)27-18(26)24-12-8-11-22-17(20-4)23-14-13-21-16(25)15-9-6-5-7-10-15/h5-7,9-10H,8,11-14H2,1-4H3,(H,21,25)(H,24,26)(H2,20,22,23). The highest BCUT2D eigenvalue weighted by atomic mass is 16.6. The molecule has 2 amide bonds. The number of alkyl carbamates (subject to hydrolysis) is 1. The molecule has 0 unspecified atom stereocenters. The molecule has 1 rings (SSSR count). The van der Waals surface area contributed by atoms with Gasteiger partial charge in [0, 0.05) is 38.8 Å². The first-order valence-corrected chi connectivity index (χ1v) is 9.06. The summed E-state index contributed by atoms with van der Waals surface area (Å²) in [4.78, 5) is 27.5. The van der Waals surface area contributed by atoms with E-state index >= 15 is 0 Å². The van der Waals surface area contributed by atoms with Crippen LogP contribution in [0.1, 0.15) is 37.6 Å². The molecule has 0 aromatic heterocycles. The van der Waals surface area contributed by atoms with Gasteiger partial charge in [0.05, 0.1) is 0 Å². The van der Waals surface area contributed by atoms with Crippen molar-refractivity contribution in [1.29, 1.82) is 0 Å². The third kappa shape index (κ3) is 10.7. The van der Waals surface area contributed by atoms with E-state index in [9.17, 15) is 9.59 Å². The van der Waals surface area contributed by atoms with Gasteiger partial charge in [0.1, 0.15) is 5.60 Å². The maximum atomic E-state index is 11.9. The molecular weight excluding hydrogens is 346 g/mol. The number of aliphatic imine (C=N–C) groups is 1. The van der Waals surface area contributed by atoms with Crippen molar-refractivity contribution in [3.8, 4) is 0 Å². The molecule has 0 bridgehead atoms. The number of ether oxygens (including phenoxy) is 1. The number of rotatable bonds is 8. The van der Waals surface area contributed by atoms with Crippen LogP contribution in [0.4, 0.5) is 4.79 Å². The number of amides is 2. The SMILES string of the molecule is CN=C(NCCCNC(=O)OC(C)(C)C)NCCNC(=O)c1ccccc1. The molecule has 150 valence electrons. The molecule has 0 fully saturated rings. The van der Waals surface area contributed by atoms with Crippen molar-refractivity contribution < 1.29 is 14.3 Å². The van der Waals surface area contributed by atoms with Crippen LogP contribution in [0.5, 0.6) is 0 Å². The Morgan fingerprint density at radius 3 is 2.15 bits per heavy atom. The Morgan fingerprint density at radius 1 is 0.926 bits per heavy atom. The van der Waals surface area contributed by atoms with Crippen molar-refractivity contribution in [2.75, 3.05) is 33.2 Å². The molecule has 1 aromatic rings. The summed E-state index contributed by atoms with van der Waals surface area (Å²) in [5, 5.41) is 11.8. The zero-order chi connectivity index (χ0) is 20.1. The van der Waals surface area contributed by atoms with Crippen LogP contribution in [0, 0.1) is 0 Å². The summed E-state index contributed by atoms with van der Waals surface area (Å²) in [5.74, 6) is 0.537. The van der Waals surface area contributed by atoms with Gasteiger partial charge in [0.15, 0.2) is 5.96 Å². The van der Waals surface area contributed by atoms with E-state index in [1.165, 1.54) is 0 Å². The van der Waals surface area contributed by atoms with E-state index in [0.717, 1.165) is 6.42 Å². The van der Waals surface area contributed by atoms with Crippen LogP contribution < -0.4 is 21.3 Å². The first-order valence-electron chi connectivity index (χ1n) is 9.06. The van der Waals surface area contributed by atoms with Crippen molar-refractivity contribution >= 4 is 18.0 Å². The molecule has 0 heterocycles. The summed E-state index contributed by atoms with van der Waals surface area (Å²) in [6.07, 6.45) is 0.309. The summed E-state index contributed by atoms with van der Waals surface area (Å²) >= 11 is 0. The fourth-order valence-corrected chi connectivity index (χ4v) is 2.07. The van der Waals surface area contributed by atoms with Crippen molar-refractivity contribution in [2.45, 2.75) is 32.8 Å². The molecule has 0 atom stereocenters. The molecule has 27 heavy (non-hydrogen) atoms. The van der Waals surface area contributed by atoms with E-state index in [0.29, 0.717) is 37.7 Å². The van der Waals surface area contributed by atoms with Gasteiger partial charge in [0.25, 0.3) is 5.91 Å².